The maximum atomic E-state index is 5.27. The highest BCUT2D eigenvalue weighted by molar-refractivity contribution is 5.55. The van der Waals surface area contributed by atoms with E-state index in [1.54, 1.807) is 7.11 Å². The molecule has 0 saturated heterocycles. The first-order valence-corrected chi connectivity index (χ1v) is 7.24. The van der Waals surface area contributed by atoms with E-state index in [1.165, 1.54) is 29.7 Å². The van der Waals surface area contributed by atoms with Gasteiger partial charge in [0.2, 0.25) is 0 Å². The second-order valence-electron chi connectivity index (χ2n) is 5.55. The Labute approximate surface area is 120 Å². The van der Waals surface area contributed by atoms with Gasteiger partial charge in [0.1, 0.15) is 5.75 Å². The molecule has 0 radical (unpaired) electrons. The maximum Gasteiger partial charge on any atom is 0.119 e. The Bertz CT molecular complexity index is 575. The van der Waals surface area contributed by atoms with E-state index >= 15 is 0 Å². The van der Waals surface area contributed by atoms with Gasteiger partial charge in [0.25, 0.3) is 0 Å². The van der Waals surface area contributed by atoms with Gasteiger partial charge in [-0.05, 0) is 55.0 Å². The van der Waals surface area contributed by atoms with Crippen molar-refractivity contribution >= 4 is 5.69 Å². The molecule has 0 aliphatic heterocycles. The minimum Gasteiger partial charge on any atom is -0.497 e. The molecule has 0 amide bonds. The molecular weight excluding hydrogens is 246 g/mol. The lowest BCUT2D eigenvalue weighted by Crippen LogP contribution is -2.13. The van der Waals surface area contributed by atoms with E-state index < -0.39 is 0 Å². The fourth-order valence-electron chi connectivity index (χ4n) is 2.66. The second-order valence-corrected chi connectivity index (χ2v) is 5.55. The fraction of sp³-hybridized carbons (Fsp3) is 0.333. The first-order chi connectivity index (χ1) is 9.78. The van der Waals surface area contributed by atoms with E-state index in [1.807, 2.05) is 6.07 Å². The Balaban J connectivity index is 1.84. The summed E-state index contributed by atoms with van der Waals surface area (Å²) in [5.74, 6) is 1.68. The summed E-state index contributed by atoms with van der Waals surface area (Å²) in [6.07, 6.45) is 2.64. The molecule has 2 nitrogen and oxygen atoms in total. The van der Waals surface area contributed by atoms with E-state index in [9.17, 15) is 0 Å². The quantitative estimate of drug-likeness (QED) is 0.857. The average molecular weight is 267 g/mol. The molecule has 104 valence electrons. The molecule has 20 heavy (non-hydrogen) atoms. The second kappa shape index (κ2) is 5.58. The molecule has 1 aliphatic carbocycles. The Morgan fingerprint density at radius 1 is 1.10 bits per heavy atom. The number of benzene rings is 2. The van der Waals surface area contributed by atoms with Gasteiger partial charge in [-0.1, -0.05) is 30.3 Å². The van der Waals surface area contributed by atoms with Crippen LogP contribution in [0.15, 0.2) is 48.5 Å². The van der Waals surface area contributed by atoms with Gasteiger partial charge < -0.3 is 10.1 Å². The van der Waals surface area contributed by atoms with Gasteiger partial charge in [0.05, 0.1) is 13.2 Å². The SMILES string of the molecule is COc1ccc(NC(c2ccccc2)C2CC2)c(C)c1. The first kappa shape index (κ1) is 13.0. The average Bonchev–Trinajstić information content (AvgIpc) is 3.31. The van der Waals surface area contributed by atoms with E-state index in [2.05, 4.69) is 54.7 Å². The molecule has 1 fully saturated rings. The summed E-state index contributed by atoms with van der Waals surface area (Å²) < 4.78 is 5.27. The van der Waals surface area contributed by atoms with Crippen molar-refractivity contribution < 1.29 is 4.74 Å². The van der Waals surface area contributed by atoms with Crippen LogP contribution in [0.25, 0.3) is 0 Å². The molecule has 1 N–H and O–H groups in total. The van der Waals surface area contributed by atoms with Crippen LogP contribution < -0.4 is 10.1 Å². The standard InChI is InChI=1S/C18H21NO/c1-13-12-16(20-2)10-11-17(13)19-18(15-8-9-15)14-6-4-3-5-7-14/h3-7,10-12,15,18-19H,8-9H2,1-2H3. The zero-order valence-corrected chi connectivity index (χ0v) is 12.1. The van der Waals surface area contributed by atoms with Gasteiger partial charge in [-0.25, -0.2) is 0 Å². The number of methoxy groups -OCH3 is 1. The molecule has 1 unspecified atom stereocenters. The first-order valence-electron chi connectivity index (χ1n) is 7.24. The van der Waals surface area contributed by atoms with Crippen molar-refractivity contribution in [3.05, 3.63) is 59.7 Å². The van der Waals surface area contributed by atoms with Crippen molar-refractivity contribution in [2.24, 2.45) is 5.92 Å². The van der Waals surface area contributed by atoms with Crippen LogP contribution in [0.1, 0.15) is 30.0 Å². The number of aryl methyl sites for hydroxylation is 1. The van der Waals surface area contributed by atoms with Crippen molar-refractivity contribution in [1.29, 1.82) is 0 Å². The van der Waals surface area contributed by atoms with E-state index in [-0.39, 0.29) is 0 Å². The highest BCUT2D eigenvalue weighted by Gasteiger charge is 2.32. The lowest BCUT2D eigenvalue weighted by molar-refractivity contribution is 0.414. The molecule has 1 saturated carbocycles. The minimum absolute atomic E-state index is 0.420. The van der Waals surface area contributed by atoms with Crippen LogP contribution in [-0.4, -0.2) is 7.11 Å². The number of hydrogen-bond acceptors (Lipinski definition) is 2. The van der Waals surface area contributed by atoms with Crippen molar-refractivity contribution in [3.63, 3.8) is 0 Å². The summed E-state index contributed by atoms with van der Waals surface area (Å²) in [6, 6.07) is 17.4. The molecular formula is C18H21NO. The van der Waals surface area contributed by atoms with Gasteiger partial charge in [0.15, 0.2) is 0 Å². The molecule has 1 aliphatic rings. The molecule has 2 aromatic carbocycles. The Hall–Kier alpha value is -1.96. The zero-order chi connectivity index (χ0) is 13.9. The molecule has 1 atom stereocenters. The normalized spacial score (nSPS) is 15.7. The zero-order valence-electron chi connectivity index (χ0n) is 12.1. The minimum atomic E-state index is 0.420. The van der Waals surface area contributed by atoms with Crippen LogP contribution in [0.4, 0.5) is 5.69 Å². The number of ether oxygens (including phenoxy) is 1. The third-order valence-corrected chi connectivity index (χ3v) is 4.00. The third kappa shape index (κ3) is 2.79. The summed E-state index contributed by atoms with van der Waals surface area (Å²) in [6.45, 7) is 2.12. The largest absolute Gasteiger partial charge is 0.497 e. The smallest absolute Gasteiger partial charge is 0.119 e. The summed E-state index contributed by atoms with van der Waals surface area (Å²) in [7, 11) is 1.71. The summed E-state index contributed by atoms with van der Waals surface area (Å²) >= 11 is 0. The number of rotatable bonds is 5. The molecule has 0 bridgehead atoms. The lowest BCUT2D eigenvalue weighted by atomic mass is 10.0. The summed E-state index contributed by atoms with van der Waals surface area (Å²) in [4.78, 5) is 0. The highest BCUT2D eigenvalue weighted by Crippen LogP contribution is 2.43. The lowest BCUT2D eigenvalue weighted by Gasteiger charge is -2.21. The van der Waals surface area contributed by atoms with Crippen LogP contribution in [0.5, 0.6) is 5.75 Å². The Morgan fingerprint density at radius 3 is 2.45 bits per heavy atom. The van der Waals surface area contributed by atoms with Crippen LogP contribution in [0, 0.1) is 12.8 Å². The van der Waals surface area contributed by atoms with Crippen LogP contribution in [0.3, 0.4) is 0 Å². The Morgan fingerprint density at radius 2 is 1.85 bits per heavy atom. The van der Waals surface area contributed by atoms with Crippen LogP contribution in [0.2, 0.25) is 0 Å². The van der Waals surface area contributed by atoms with Crippen molar-refractivity contribution in [2.45, 2.75) is 25.8 Å². The Kier molecular flexibility index (Phi) is 3.64. The molecule has 0 spiro atoms. The van der Waals surface area contributed by atoms with Gasteiger partial charge in [-0.3, -0.25) is 0 Å². The van der Waals surface area contributed by atoms with Crippen molar-refractivity contribution in [3.8, 4) is 5.75 Å². The number of anilines is 1. The fourth-order valence-corrected chi connectivity index (χ4v) is 2.66. The third-order valence-electron chi connectivity index (χ3n) is 4.00. The molecule has 0 heterocycles. The van der Waals surface area contributed by atoms with E-state index in [4.69, 9.17) is 4.74 Å². The molecule has 2 heteroatoms. The number of hydrogen-bond donors (Lipinski definition) is 1. The van der Waals surface area contributed by atoms with Crippen LogP contribution >= 0.6 is 0 Å². The molecule has 0 aromatic heterocycles. The van der Waals surface area contributed by atoms with Gasteiger partial charge in [-0.15, -0.1) is 0 Å². The van der Waals surface area contributed by atoms with Crippen molar-refractivity contribution in [1.82, 2.24) is 0 Å². The topological polar surface area (TPSA) is 21.3 Å². The van der Waals surface area contributed by atoms with Gasteiger partial charge in [0, 0.05) is 5.69 Å². The predicted molar refractivity (Wildman–Crippen MR) is 83.3 cm³/mol. The molecule has 2 aromatic rings. The monoisotopic (exact) mass is 267 g/mol. The van der Waals surface area contributed by atoms with Gasteiger partial charge >= 0.3 is 0 Å². The van der Waals surface area contributed by atoms with Crippen molar-refractivity contribution in [2.75, 3.05) is 12.4 Å². The van der Waals surface area contributed by atoms with Crippen LogP contribution in [-0.2, 0) is 0 Å². The van der Waals surface area contributed by atoms with Gasteiger partial charge in [-0.2, -0.15) is 0 Å². The van der Waals surface area contributed by atoms with E-state index in [0.717, 1.165) is 11.7 Å². The summed E-state index contributed by atoms with van der Waals surface area (Å²) in [5.41, 5.74) is 3.81. The highest BCUT2D eigenvalue weighted by atomic mass is 16.5. The molecule has 3 rings (SSSR count). The number of nitrogens with one attached hydrogen (secondary N) is 1. The maximum absolute atomic E-state index is 5.27. The predicted octanol–water partition coefficient (Wildman–Crippen LogP) is 4.57. The van der Waals surface area contributed by atoms with E-state index in [0.29, 0.717) is 6.04 Å². The summed E-state index contributed by atoms with van der Waals surface area (Å²) in [5, 5.41) is 3.72.